The van der Waals surface area contributed by atoms with Gasteiger partial charge in [-0.15, -0.1) is 0 Å². The van der Waals surface area contributed by atoms with Crippen LogP contribution in [0.3, 0.4) is 0 Å². The largest absolute Gasteiger partial charge is 0.490 e. The van der Waals surface area contributed by atoms with Crippen LogP contribution in [-0.2, 0) is 4.79 Å². The maximum absolute atomic E-state index is 12.8. The predicted molar refractivity (Wildman–Crippen MR) is 161 cm³/mol. The lowest BCUT2D eigenvalue weighted by Crippen LogP contribution is -2.35. The minimum absolute atomic E-state index is 0.00655. The van der Waals surface area contributed by atoms with E-state index in [1.807, 2.05) is 26.0 Å². The molecule has 0 fully saturated rings. The SMILES string of the molecule is CCCC1=NN2C(=N)/C(=C/c3cc(Br)c(OCCOc4cc(C)ccc4C(C)C)c(OCC)c3)C(=O)N=C2S1. The minimum atomic E-state index is -0.463. The fourth-order valence-corrected chi connectivity index (χ4v) is 5.69. The number of hydrazone groups is 1. The lowest BCUT2D eigenvalue weighted by Gasteiger charge is -2.20. The third kappa shape index (κ3) is 6.73. The highest BCUT2D eigenvalue weighted by Gasteiger charge is 2.35. The molecule has 10 heteroatoms. The van der Waals surface area contributed by atoms with Crippen molar-refractivity contribution in [2.75, 3.05) is 19.8 Å². The number of hydrogen-bond acceptors (Lipinski definition) is 7. The summed E-state index contributed by atoms with van der Waals surface area (Å²) in [6.07, 6.45) is 3.34. The van der Waals surface area contributed by atoms with Crippen LogP contribution in [-0.4, -0.2) is 46.8 Å². The molecule has 2 aromatic rings. The number of ether oxygens (including phenoxy) is 3. The molecule has 0 atom stereocenters. The van der Waals surface area contributed by atoms with Crippen molar-refractivity contribution in [1.29, 1.82) is 5.41 Å². The van der Waals surface area contributed by atoms with Crippen LogP contribution in [0.4, 0.5) is 0 Å². The van der Waals surface area contributed by atoms with Crippen molar-refractivity contribution in [3.8, 4) is 17.2 Å². The molecule has 0 unspecified atom stereocenters. The number of carbonyl (C=O) groups is 1. The second kappa shape index (κ2) is 12.8. The summed E-state index contributed by atoms with van der Waals surface area (Å²) >= 11 is 4.94. The van der Waals surface area contributed by atoms with E-state index in [-0.39, 0.29) is 11.4 Å². The van der Waals surface area contributed by atoms with E-state index >= 15 is 0 Å². The van der Waals surface area contributed by atoms with Crippen molar-refractivity contribution in [3.05, 3.63) is 57.1 Å². The number of aliphatic imine (C=N–C) groups is 1. The Balaban J connectivity index is 1.51. The highest BCUT2D eigenvalue weighted by atomic mass is 79.9. The second-order valence-corrected chi connectivity index (χ2v) is 11.3. The number of nitrogens with zero attached hydrogens (tertiary/aromatic N) is 3. The summed E-state index contributed by atoms with van der Waals surface area (Å²) in [5.74, 6) is 1.84. The van der Waals surface area contributed by atoms with E-state index in [0.29, 0.717) is 52.4 Å². The summed E-state index contributed by atoms with van der Waals surface area (Å²) in [6, 6.07) is 9.87. The van der Waals surface area contributed by atoms with Gasteiger partial charge in [0.2, 0.25) is 5.17 Å². The molecule has 0 radical (unpaired) electrons. The number of amides is 1. The number of amidine groups is 2. The van der Waals surface area contributed by atoms with Crippen molar-refractivity contribution >= 4 is 55.7 Å². The Morgan fingerprint density at radius 3 is 2.59 bits per heavy atom. The molecule has 0 saturated heterocycles. The van der Waals surface area contributed by atoms with Gasteiger partial charge in [-0.05, 0) is 101 Å². The van der Waals surface area contributed by atoms with Crippen LogP contribution in [0.1, 0.15) is 63.1 Å². The maximum Gasteiger partial charge on any atom is 0.283 e. The van der Waals surface area contributed by atoms with Gasteiger partial charge in [-0.1, -0.05) is 32.9 Å². The van der Waals surface area contributed by atoms with Gasteiger partial charge < -0.3 is 14.2 Å². The average Bonchev–Trinajstić information content (AvgIpc) is 3.28. The van der Waals surface area contributed by atoms with Crippen LogP contribution >= 0.6 is 27.7 Å². The first-order valence-electron chi connectivity index (χ1n) is 13.0. The van der Waals surface area contributed by atoms with E-state index in [4.69, 9.17) is 19.6 Å². The summed E-state index contributed by atoms with van der Waals surface area (Å²) in [5, 5.41) is 15.8. The lowest BCUT2D eigenvalue weighted by atomic mass is 10.0. The van der Waals surface area contributed by atoms with Gasteiger partial charge in [0.25, 0.3) is 5.91 Å². The third-order valence-corrected chi connectivity index (χ3v) is 7.54. The first kappa shape index (κ1) is 28.9. The molecular weight excluding hydrogens is 580 g/mol. The summed E-state index contributed by atoms with van der Waals surface area (Å²) in [5.41, 5.74) is 3.14. The van der Waals surface area contributed by atoms with Gasteiger partial charge in [0, 0.05) is 0 Å². The molecule has 1 amide bonds. The van der Waals surface area contributed by atoms with Gasteiger partial charge in [0.1, 0.15) is 24.0 Å². The normalized spacial score (nSPS) is 16.0. The number of fused-ring (bicyclic) bond motifs is 1. The van der Waals surface area contributed by atoms with Crippen LogP contribution in [0.15, 0.2) is 50.5 Å². The molecule has 1 N–H and O–H groups in total. The Morgan fingerprint density at radius 2 is 1.87 bits per heavy atom. The van der Waals surface area contributed by atoms with Gasteiger partial charge in [0.05, 0.1) is 16.7 Å². The molecule has 0 aliphatic carbocycles. The standard InChI is InChI=1S/C29H33BrN4O4S/c1-6-8-25-33-34-27(31)21(28(35)32-29(34)39-25)14-19-15-22(30)26(24(16-19)36-7-2)38-12-11-37-23-13-18(5)9-10-20(23)17(3)4/h9-10,13-17,31H,6-8,11-12H2,1-5H3/b21-14-,31-27?. The second-order valence-electron chi connectivity index (χ2n) is 9.42. The zero-order valence-corrected chi connectivity index (χ0v) is 25.2. The van der Waals surface area contributed by atoms with Gasteiger partial charge in [-0.3, -0.25) is 10.2 Å². The van der Waals surface area contributed by atoms with Crippen molar-refractivity contribution < 1.29 is 19.0 Å². The Kier molecular flexibility index (Phi) is 9.50. The molecule has 2 aliphatic rings. The highest BCUT2D eigenvalue weighted by Crippen LogP contribution is 2.38. The van der Waals surface area contributed by atoms with Crippen LogP contribution in [0.2, 0.25) is 0 Å². The number of hydrogen-bond donors (Lipinski definition) is 1. The molecule has 0 spiro atoms. The number of carbonyl (C=O) groups excluding carboxylic acids is 1. The van der Waals surface area contributed by atoms with Crippen molar-refractivity contribution in [2.45, 2.75) is 53.4 Å². The van der Waals surface area contributed by atoms with E-state index < -0.39 is 5.91 Å². The third-order valence-electron chi connectivity index (χ3n) is 5.98. The number of benzene rings is 2. The number of rotatable bonds is 11. The first-order chi connectivity index (χ1) is 18.7. The monoisotopic (exact) mass is 612 g/mol. The quantitative estimate of drug-likeness (QED) is 0.214. The van der Waals surface area contributed by atoms with Crippen molar-refractivity contribution in [2.24, 2.45) is 10.1 Å². The van der Waals surface area contributed by atoms with Crippen LogP contribution < -0.4 is 14.2 Å². The summed E-state index contributed by atoms with van der Waals surface area (Å²) < 4.78 is 18.7. The Labute approximate surface area is 242 Å². The van der Waals surface area contributed by atoms with Crippen LogP contribution in [0.25, 0.3) is 6.08 Å². The van der Waals surface area contributed by atoms with Crippen molar-refractivity contribution in [1.82, 2.24) is 5.01 Å². The predicted octanol–water partition coefficient (Wildman–Crippen LogP) is 7.16. The highest BCUT2D eigenvalue weighted by molar-refractivity contribution is 9.10. The number of halogens is 1. The molecule has 2 aliphatic heterocycles. The molecule has 0 bridgehead atoms. The van der Waals surface area contributed by atoms with Gasteiger partial charge in [0.15, 0.2) is 17.3 Å². The number of thioether (sulfide) groups is 1. The van der Waals surface area contributed by atoms with Gasteiger partial charge in [-0.25, -0.2) is 0 Å². The van der Waals surface area contributed by atoms with E-state index in [9.17, 15) is 4.79 Å². The smallest absolute Gasteiger partial charge is 0.283 e. The average molecular weight is 614 g/mol. The van der Waals surface area contributed by atoms with Crippen LogP contribution in [0, 0.1) is 12.3 Å². The van der Waals surface area contributed by atoms with Gasteiger partial charge in [-0.2, -0.15) is 15.1 Å². The fourth-order valence-electron chi connectivity index (χ4n) is 4.13. The number of nitrogens with one attached hydrogen (secondary N) is 1. The van der Waals surface area contributed by atoms with E-state index in [0.717, 1.165) is 34.8 Å². The topological polar surface area (TPSA) is 96.6 Å². The molecule has 4 rings (SSSR count). The summed E-state index contributed by atoms with van der Waals surface area (Å²) in [7, 11) is 0. The first-order valence-corrected chi connectivity index (χ1v) is 14.6. The lowest BCUT2D eigenvalue weighted by molar-refractivity contribution is -0.114. The van der Waals surface area contributed by atoms with E-state index in [1.54, 1.807) is 12.1 Å². The summed E-state index contributed by atoms with van der Waals surface area (Å²) in [6.45, 7) is 11.4. The molecule has 2 aromatic carbocycles. The molecule has 2 heterocycles. The molecule has 0 saturated carbocycles. The molecule has 0 aromatic heterocycles. The van der Waals surface area contributed by atoms with E-state index in [2.05, 4.69) is 58.9 Å². The Morgan fingerprint density at radius 1 is 1.10 bits per heavy atom. The van der Waals surface area contributed by atoms with Crippen molar-refractivity contribution in [3.63, 3.8) is 0 Å². The van der Waals surface area contributed by atoms with E-state index in [1.165, 1.54) is 16.8 Å². The minimum Gasteiger partial charge on any atom is -0.490 e. The zero-order chi connectivity index (χ0) is 28.1. The maximum atomic E-state index is 12.8. The molecule has 39 heavy (non-hydrogen) atoms. The molecular formula is C29H33BrN4O4S. The molecule has 206 valence electrons. The summed E-state index contributed by atoms with van der Waals surface area (Å²) in [4.78, 5) is 17.0. The molecule has 8 nitrogen and oxygen atoms in total. The Hall–Kier alpha value is -3.11. The number of aryl methyl sites for hydroxylation is 1. The zero-order valence-electron chi connectivity index (χ0n) is 22.8. The fraction of sp³-hybridized carbons (Fsp3) is 0.379. The van der Waals surface area contributed by atoms with Gasteiger partial charge >= 0.3 is 0 Å². The Bertz CT molecular complexity index is 1370. The van der Waals surface area contributed by atoms with Crippen LogP contribution in [0.5, 0.6) is 17.2 Å².